The Balaban J connectivity index is 1.34. The number of hydrogen-bond donors (Lipinski definition) is 0. The predicted octanol–water partition coefficient (Wildman–Crippen LogP) is 6.09. The molecule has 7 heteroatoms. The van der Waals surface area contributed by atoms with E-state index in [-0.39, 0.29) is 18.4 Å². The number of amides is 2. The highest BCUT2D eigenvalue weighted by molar-refractivity contribution is 5.95. The number of rotatable bonds is 9. The summed E-state index contributed by atoms with van der Waals surface area (Å²) >= 11 is 0. The number of aryl methyl sites for hydroxylation is 1. The molecule has 6 rings (SSSR count). The quantitative estimate of drug-likeness (QED) is 0.194. The molecule has 3 aromatic carbocycles. The monoisotopic (exact) mass is 593 g/mol. The summed E-state index contributed by atoms with van der Waals surface area (Å²) in [5, 5.41) is 8.20. The van der Waals surface area contributed by atoms with Gasteiger partial charge in [-0.3, -0.25) is 14.6 Å². The second-order valence-electron chi connectivity index (χ2n) is 11.3. The topological polar surface area (TPSA) is 79.3 Å². The van der Waals surface area contributed by atoms with Crippen LogP contribution in [0.4, 0.5) is 0 Å². The van der Waals surface area contributed by atoms with Crippen molar-refractivity contribution in [3.05, 3.63) is 155 Å². The second-order valence-corrected chi connectivity index (χ2v) is 11.3. The molecule has 1 aliphatic rings. The molecule has 1 unspecified atom stereocenters. The standard InChI is InChI=1S/C38H35N5O2/c1-28-13-14-30(25-39-28)17-20-37(44)43(26-31-15-18-33(19-16-31)35-12-7-22-40-41-35)36(24-29-8-3-2-4-9-29)38(45)42-23-21-32-10-5-6-11-34(32)27-42/h2-20,22,25,36H,21,23-24,26-27H2,1H3. The van der Waals surface area contributed by atoms with Gasteiger partial charge in [0.05, 0.1) is 5.69 Å². The fourth-order valence-corrected chi connectivity index (χ4v) is 5.68. The summed E-state index contributed by atoms with van der Waals surface area (Å²) in [5.74, 6) is -0.288. The molecule has 1 atom stereocenters. The van der Waals surface area contributed by atoms with Crippen molar-refractivity contribution < 1.29 is 9.59 Å². The van der Waals surface area contributed by atoms with Crippen LogP contribution in [0.5, 0.6) is 0 Å². The Morgan fingerprint density at radius 2 is 1.64 bits per heavy atom. The number of fused-ring (bicyclic) bond motifs is 1. The van der Waals surface area contributed by atoms with E-state index >= 15 is 0 Å². The number of hydrogen-bond acceptors (Lipinski definition) is 5. The van der Waals surface area contributed by atoms with E-state index in [9.17, 15) is 9.59 Å². The van der Waals surface area contributed by atoms with Crippen LogP contribution in [-0.2, 0) is 35.5 Å². The normalized spacial score (nSPS) is 13.3. The molecule has 3 heterocycles. The minimum atomic E-state index is -0.703. The molecular formula is C38H35N5O2. The summed E-state index contributed by atoms with van der Waals surface area (Å²) in [4.78, 5) is 36.6. The molecule has 0 spiro atoms. The smallest absolute Gasteiger partial charge is 0.247 e. The Bertz CT molecular complexity index is 1770. The van der Waals surface area contributed by atoms with Gasteiger partial charge in [0, 0.05) is 55.8 Å². The molecule has 2 amide bonds. The maximum absolute atomic E-state index is 14.5. The van der Waals surface area contributed by atoms with Crippen LogP contribution in [-0.4, -0.2) is 49.4 Å². The minimum absolute atomic E-state index is 0.0525. The molecule has 0 radical (unpaired) electrons. The largest absolute Gasteiger partial charge is 0.336 e. The zero-order valence-electron chi connectivity index (χ0n) is 25.3. The van der Waals surface area contributed by atoms with Gasteiger partial charge in [-0.15, -0.1) is 0 Å². The van der Waals surface area contributed by atoms with E-state index in [1.54, 1.807) is 29.4 Å². The van der Waals surface area contributed by atoms with Crippen LogP contribution in [0.1, 0.15) is 33.5 Å². The van der Waals surface area contributed by atoms with Crippen molar-refractivity contribution in [2.24, 2.45) is 0 Å². The first-order valence-electron chi connectivity index (χ1n) is 15.2. The maximum atomic E-state index is 14.5. The highest BCUT2D eigenvalue weighted by Gasteiger charge is 2.34. The van der Waals surface area contributed by atoms with Crippen LogP contribution >= 0.6 is 0 Å². The summed E-state index contributed by atoms with van der Waals surface area (Å²) in [6, 6.07) is 33.0. The van der Waals surface area contributed by atoms with Crippen molar-refractivity contribution in [2.75, 3.05) is 6.54 Å². The number of pyridine rings is 1. The average Bonchev–Trinajstić information content (AvgIpc) is 3.10. The van der Waals surface area contributed by atoms with Gasteiger partial charge < -0.3 is 9.80 Å². The second kappa shape index (κ2) is 13.9. The predicted molar refractivity (Wildman–Crippen MR) is 176 cm³/mol. The average molecular weight is 594 g/mol. The number of aromatic nitrogens is 3. The fourth-order valence-electron chi connectivity index (χ4n) is 5.68. The van der Waals surface area contributed by atoms with Crippen LogP contribution in [0.3, 0.4) is 0 Å². The Kier molecular flexibility index (Phi) is 9.16. The lowest BCUT2D eigenvalue weighted by Crippen LogP contribution is -2.52. The number of benzene rings is 3. The first kappa shape index (κ1) is 29.6. The number of nitrogens with zero attached hydrogens (tertiary/aromatic N) is 5. The summed E-state index contributed by atoms with van der Waals surface area (Å²) < 4.78 is 0. The maximum Gasteiger partial charge on any atom is 0.247 e. The van der Waals surface area contributed by atoms with Crippen LogP contribution in [0.15, 0.2) is 122 Å². The third-order valence-corrected chi connectivity index (χ3v) is 8.19. The van der Waals surface area contributed by atoms with Crippen LogP contribution in [0.2, 0.25) is 0 Å². The van der Waals surface area contributed by atoms with E-state index < -0.39 is 6.04 Å². The summed E-state index contributed by atoms with van der Waals surface area (Å²) in [6.45, 7) is 3.33. The molecule has 0 bridgehead atoms. The molecule has 0 saturated carbocycles. The molecule has 5 aromatic rings. The van der Waals surface area contributed by atoms with Gasteiger partial charge in [-0.05, 0) is 65.4 Å². The molecule has 224 valence electrons. The van der Waals surface area contributed by atoms with Gasteiger partial charge in [0.25, 0.3) is 0 Å². The SMILES string of the molecule is Cc1ccc(C=CC(=O)N(Cc2ccc(-c3cccnn3)cc2)C(Cc2ccccc2)C(=O)N2CCc3ccccc3C2)cn1. The van der Waals surface area contributed by atoms with Crippen molar-refractivity contribution in [2.45, 2.75) is 38.9 Å². The van der Waals surface area contributed by atoms with Gasteiger partial charge in [0.15, 0.2) is 0 Å². The van der Waals surface area contributed by atoms with E-state index in [1.807, 2.05) is 103 Å². The minimum Gasteiger partial charge on any atom is -0.336 e. The molecule has 7 nitrogen and oxygen atoms in total. The van der Waals surface area contributed by atoms with Crippen LogP contribution in [0, 0.1) is 6.92 Å². The lowest BCUT2D eigenvalue weighted by Gasteiger charge is -2.37. The number of carbonyl (C=O) groups excluding carboxylic acids is 2. The highest BCUT2D eigenvalue weighted by Crippen LogP contribution is 2.24. The molecule has 1 aliphatic heterocycles. The molecule has 45 heavy (non-hydrogen) atoms. The van der Waals surface area contributed by atoms with Gasteiger partial charge in [0.2, 0.25) is 11.8 Å². The summed E-state index contributed by atoms with van der Waals surface area (Å²) in [6.07, 6.45) is 7.90. The molecular weight excluding hydrogens is 558 g/mol. The first-order chi connectivity index (χ1) is 22.0. The van der Waals surface area contributed by atoms with E-state index in [4.69, 9.17) is 0 Å². The number of carbonyl (C=O) groups is 2. The lowest BCUT2D eigenvalue weighted by molar-refractivity contribution is -0.144. The van der Waals surface area contributed by atoms with Crippen molar-refractivity contribution in [1.82, 2.24) is 25.0 Å². The summed E-state index contributed by atoms with van der Waals surface area (Å²) in [5.41, 5.74) is 7.76. The van der Waals surface area contributed by atoms with E-state index in [0.29, 0.717) is 19.5 Å². The summed E-state index contributed by atoms with van der Waals surface area (Å²) in [7, 11) is 0. The highest BCUT2D eigenvalue weighted by atomic mass is 16.2. The third-order valence-electron chi connectivity index (χ3n) is 8.19. The van der Waals surface area contributed by atoms with Gasteiger partial charge in [0.1, 0.15) is 6.04 Å². The van der Waals surface area contributed by atoms with E-state index in [1.165, 1.54) is 5.56 Å². The third kappa shape index (κ3) is 7.39. The molecule has 2 aromatic heterocycles. The van der Waals surface area contributed by atoms with Crippen LogP contribution < -0.4 is 0 Å². The van der Waals surface area contributed by atoms with Crippen molar-refractivity contribution in [3.8, 4) is 11.3 Å². The fraction of sp³-hybridized carbons (Fsp3) is 0.184. The zero-order valence-corrected chi connectivity index (χ0v) is 25.3. The lowest BCUT2D eigenvalue weighted by atomic mass is 9.97. The Hall–Kier alpha value is -5.43. The Morgan fingerprint density at radius 1 is 0.867 bits per heavy atom. The molecule has 0 aliphatic carbocycles. The van der Waals surface area contributed by atoms with Gasteiger partial charge in [-0.25, -0.2) is 0 Å². The van der Waals surface area contributed by atoms with Gasteiger partial charge in [-0.1, -0.05) is 84.9 Å². The zero-order chi connectivity index (χ0) is 31.0. The molecule has 0 fully saturated rings. The first-order valence-corrected chi connectivity index (χ1v) is 15.2. The van der Waals surface area contributed by atoms with Crippen molar-refractivity contribution in [3.63, 3.8) is 0 Å². The Labute approximate surface area is 263 Å². The van der Waals surface area contributed by atoms with Crippen molar-refractivity contribution >= 4 is 17.9 Å². The Morgan fingerprint density at radius 3 is 2.38 bits per heavy atom. The van der Waals surface area contributed by atoms with E-state index in [2.05, 4.69) is 27.3 Å². The van der Waals surface area contributed by atoms with Gasteiger partial charge in [-0.2, -0.15) is 10.2 Å². The van der Waals surface area contributed by atoms with E-state index in [0.717, 1.165) is 45.6 Å². The van der Waals surface area contributed by atoms with Gasteiger partial charge >= 0.3 is 0 Å². The molecule has 0 saturated heterocycles. The van der Waals surface area contributed by atoms with Crippen molar-refractivity contribution in [1.29, 1.82) is 0 Å². The van der Waals surface area contributed by atoms with Crippen LogP contribution in [0.25, 0.3) is 17.3 Å². The molecule has 0 N–H and O–H groups in total.